The zero-order valence-electron chi connectivity index (χ0n) is 18.0. The quantitative estimate of drug-likeness (QED) is 0.194. The van der Waals surface area contributed by atoms with Gasteiger partial charge in [-0.2, -0.15) is 0 Å². The van der Waals surface area contributed by atoms with Gasteiger partial charge in [-0.1, -0.05) is 40.6 Å². The molecule has 0 bridgehead atoms. The summed E-state index contributed by atoms with van der Waals surface area (Å²) in [6.07, 6.45) is 0. The molecule has 176 valence electrons. The highest BCUT2D eigenvalue weighted by atomic mass is 35.5. The number of methoxy groups -OCH3 is 1. The van der Waals surface area contributed by atoms with Gasteiger partial charge in [0, 0.05) is 15.6 Å². The van der Waals surface area contributed by atoms with Gasteiger partial charge in [-0.05, 0) is 60.2 Å². The zero-order valence-corrected chi connectivity index (χ0v) is 20.4. The number of aromatic hydroxyl groups is 1. The number of nitrogens with zero attached hydrogens (tertiary/aromatic N) is 2. The molecule has 0 aliphatic carbocycles. The lowest BCUT2D eigenvalue weighted by atomic mass is 9.95. The molecular formula is C25H16Cl2N2O5S. The number of phenolic OH excluding ortho intramolecular Hbond substituents is 1. The van der Waals surface area contributed by atoms with Gasteiger partial charge in [0.05, 0.1) is 28.9 Å². The summed E-state index contributed by atoms with van der Waals surface area (Å²) in [6, 6.07) is 14.8. The molecule has 0 saturated carbocycles. The Balaban J connectivity index is 1.75. The highest BCUT2D eigenvalue weighted by molar-refractivity contribution is 7.22. The van der Waals surface area contributed by atoms with Gasteiger partial charge >= 0.3 is 5.91 Å². The van der Waals surface area contributed by atoms with Crippen LogP contribution in [-0.4, -0.2) is 34.0 Å². The monoisotopic (exact) mass is 526 g/mol. The first-order valence-corrected chi connectivity index (χ1v) is 11.9. The van der Waals surface area contributed by atoms with Crippen LogP contribution in [0.2, 0.25) is 10.0 Å². The average molecular weight is 527 g/mol. The van der Waals surface area contributed by atoms with Crippen LogP contribution in [0.4, 0.5) is 5.13 Å². The minimum Gasteiger partial charge on any atom is -0.507 e. The van der Waals surface area contributed by atoms with Gasteiger partial charge in [-0.15, -0.1) is 0 Å². The van der Waals surface area contributed by atoms with Crippen LogP contribution in [-0.2, 0) is 9.59 Å². The van der Waals surface area contributed by atoms with E-state index in [1.807, 2.05) is 0 Å². The predicted octanol–water partition coefficient (Wildman–Crippen LogP) is 5.94. The molecule has 35 heavy (non-hydrogen) atoms. The number of ketones is 1. The van der Waals surface area contributed by atoms with Crippen molar-refractivity contribution in [3.63, 3.8) is 0 Å². The highest BCUT2D eigenvalue weighted by Crippen LogP contribution is 2.45. The van der Waals surface area contributed by atoms with Crippen molar-refractivity contribution in [1.29, 1.82) is 0 Å². The van der Waals surface area contributed by atoms with Gasteiger partial charge in [0.25, 0.3) is 5.78 Å². The van der Waals surface area contributed by atoms with Gasteiger partial charge in [-0.3, -0.25) is 14.5 Å². The Hall–Kier alpha value is -3.59. The van der Waals surface area contributed by atoms with Gasteiger partial charge < -0.3 is 14.9 Å². The Morgan fingerprint density at radius 1 is 1.03 bits per heavy atom. The van der Waals surface area contributed by atoms with Gasteiger partial charge in [0.1, 0.15) is 5.76 Å². The second-order valence-electron chi connectivity index (χ2n) is 7.72. The molecule has 1 aliphatic heterocycles. The maximum absolute atomic E-state index is 13.3. The number of amides is 1. The van der Waals surface area contributed by atoms with Crippen LogP contribution in [0.1, 0.15) is 17.2 Å². The number of ether oxygens (including phenoxy) is 1. The third-order valence-corrected chi connectivity index (χ3v) is 7.13. The fourth-order valence-corrected chi connectivity index (χ4v) is 5.36. The summed E-state index contributed by atoms with van der Waals surface area (Å²) in [5.41, 5.74) is 1.24. The number of fused-ring (bicyclic) bond motifs is 1. The Morgan fingerprint density at radius 2 is 1.74 bits per heavy atom. The number of carbonyl (C=O) groups is 2. The van der Waals surface area contributed by atoms with E-state index in [1.165, 1.54) is 35.5 Å². The average Bonchev–Trinajstić information content (AvgIpc) is 3.37. The summed E-state index contributed by atoms with van der Waals surface area (Å²) in [4.78, 5) is 32.4. The summed E-state index contributed by atoms with van der Waals surface area (Å²) in [5, 5.41) is 22.5. The minimum atomic E-state index is -1.03. The highest BCUT2D eigenvalue weighted by Gasteiger charge is 2.48. The molecule has 0 spiro atoms. The molecule has 2 heterocycles. The van der Waals surface area contributed by atoms with Crippen LogP contribution in [0, 0.1) is 0 Å². The summed E-state index contributed by atoms with van der Waals surface area (Å²) in [5.74, 6) is -2.03. The number of carbonyl (C=O) groups excluding carboxylic acids is 2. The molecule has 1 unspecified atom stereocenters. The Morgan fingerprint density at radius 3 is 2.46 bits per heavy atom. The van der Waals surface area contributed by atoms with E-state index in [9.17, 15) is 19.8 Å². The largest absolute Gasteiger partial charge is 0.507 e. The molecule has 3 aromatic carbocycles. The van der Waals surface area contributed by atoms with Crippen molar-refractivity contribution in [3.8, 4) is 11.5 Å². The van der Waals surface area contributed by atoms with Gasteiger partial charge in [-0.25, -0.2) is 4.98 Å². The topological polar surface area (TPSA) is 100.0 Å². The Kier molecular flexibility index (Phi) is 5.88. The number of hydrogen-bond acceptors (Lipinski definition) is 7. The van der Waals surface area contributed by atoms with Crippen molar-refractivity contribution in [3.05, 3.63) is 87.4 Å². The Labute approximate surface area is 213 Å². The van der Waals surface area contributed by atoms with Crippen molar-refractivity contribution in [2.24, 2.45) is 0 Å². The number of halogens is 2. The van der Waals surface area contributed by atoms with Gasteiger partial charge in [0.2, 0.25) is 0 Å². The van der Waals surface area contributed by atoms with Crippen LogP contribution in [0.3, 0.4) is 0 Å². The van der Waals surface area contributed by atoms with Gasteiger partial charge in [0.15, 0.2) is 16.6 Å². The maximum Gasteiger partial charge on any atom is 0.301 e. The standard InChI is InChI=1S/C25H16Cl2N2O5S/c1-34-18-10-13(4-9-17(18)30)21-20(22(31)12-2-5-14(26)6-3-12)23(32)24(33)29(21)25-28-16-8-7-15(27)11-19(16)35-25/h2-11,21,30-31H,1H3. The van der Waals surface area contributed by atoms with Crippen molar-refractivity contribution >= 4 is 67.3 Å². The van der Waals surface area contributed by atoms with E-state index >= 15 is 0 Å². The number of aliphatic hydroxyl groups is 1. The van der Waals surface area contributed by atoms with Crippen molar-refractivity contribution < 1.29 is 24.5 Å². The number of benzene rings is 3. The zero-order chi connectivity index (χ0) is 24.9. The van der Waals surface area contributed by atoms with Crippen molar-refractivity contribution in [2.45, 2.75) is 6.04 Å². The summed E-state index contributed by atoms with van der Waals surface area (Å²) in [6.45, 7) is 0. The number of anilines is 1. The molecule has 7 nitrogen and oxygen atoms in total. The molecule has 10 heteroatoms. The van der Waals surface area contributed by atoms with Crippen LogP contribution < -0.4 is 9.64 Å². The lowest BCUT2D eigenvalue weighted by molar-refractivity contribution is -0.132. The lowest BCUT2D eigenvalue weighted by Gasteiger charge is -2.23. The summed E-state index contributed by atoms with van der Waals surface area (Å²) >= 11 is 13.3. The summed E-state index contributed by atoms with van der Waals surface area (Å²) in [7, 11) is 1.39. The molecule has 1 saturated heterocycles. The third-order valence-electron chi connectivity index (χ3n) is 5.63. The Bertz CT molecular complexity index is 1530. The first-order chi connectivity index (χ1) is 16.8. The van der Waals surface area contributed by atoms with Crippen LogP contribution in [0.15, 0.2) is 66.2 Å². The maximum atomic E-state index is 13.3. The van der Waals surface area contributed by atoms with E-state index in [0.29, 0.717) is 26.7 Å². The molecule has 1 aliphatic rings. The number of thiazole rings is 1. The van der Waals surface area contributed by atoms with Crippen LogP contribution in [0.5, 0.6) is 11.5 Å². The first kappa shape index (κ1) is 23.2. The molecule has 5 rings (SSSR count). The number of aromatic nitrogens is 1. The van der Waals surface area contributed by atoms with E-state index in [0.717, 1.165) is 4.70 Å². The van der Waals surface area contributed by atoms with E-state index in [1.54, 1.807) is 48.5 Å². The smallest absolute Gasteiger partial charge is 0.301 e. The van der Waals surface area contributed by atoms with Crippen LogP contribution in [0.25, 0.3) is 16.0 Å². The predicted molar refractivity (Wildman–Crippen MR) is 136 cm³/mol. The molecule has 2 N–H and O–H groups in total. The number of Topliss-reactive ketones (excluding diaryl/α,β-unsaturated/α-hetero) is 1. The number of rotatable bonds is 4. The number of phenols is 1. The summed E-state index contributed by atoms with van der Waals surface area (Å²) < 4.78 is 5.97. The third kappa shape index (κ3) is 3.99. The van der Waals surface area contributed by atoms with E-state index < -0.39 is 17.7 Å². The molecular weight excluding hydrogens is 511 g/mol. The molecule has 1 aromatic heterocycles. The second-order valence-corrected chi connectivity index (χ2v) is 9.60. The fraction of sp³-hybridized carbons (Fsp3) is 0.0800. The number of hydrogen-bond donors (Lipinski definition) is 2. The molecule has 0 radical (unpaired) electrons. The van der Waals surface area contributed by atoms with Crippen molar-refractivity contribution in [2.75, 3.05) is 12.0 Å². The normalized spacial score (nSPS) is 17.3. The first-order valence-electron chi connectivity index (χ1n) is 10.3. The lowest BCUT2D eigenvalue weighted by Crippen LogP contribution is -2.29. The molecule has 1 amide bonds. The van der Waals surface area contributed by atoms with Crippen molar-refractivity contribution in [1.82, 2.24) is 4.98 Å². The SMILES string of the molecule is COc1cc(C2C(=C(O)c3ccc(Cl)cc3)C(=O)C(=O)N2c2nc3ccc(Cl)cc3s2)ccc1O. The minimum absolute atomic E-state index is 0.111. The van der Waals surface area contributed by atoms with Crippen LogP contribution >= 0.6 is 34.5 Å². The molecule has 1 fully saturated rings. The number of aliphatic hydroxyl groups excluding tert-OH is 1. The molecule has 1 atom stereocenters. The fourth-order valence-electron chi connectivity index (χ4n) is 3.96. The molecule has 4 aromatic rings. The van der Waals surface area contributed by atoms with E-state index in [2.05, 4.69) is 4.98 Å². The van der Waals surface area contributed by atoms with E-state index in [4.69, 9.17) is 27.9 Å². The van der Waals surface area contributed by atoms with E-state index in [-0.39, 0.29) is 28.0 Å². The second kappa shape index (κ2) is 8.88.